The average Bonchev–Trinajstić information content (AvgIpc) is 2.01. The number of halogens is 1. The monoisotopic (exact) mass is 234 g/mol. The Morgan fingerprint density at radius 3 is 2.83 bits per heavy atom. The number of hydrogen-bond donors (Lipinski definition) is 0. The molecule has 1 aliphatic rings. The van der Waals surface area contributed by atoms with Crippen molar-refractivity contribution in [3.05, 3.63) is 0 Å². The second-order valence-electron chi connectivity index (χ2n) is 3.84. The first-order chi connectivity index (χ1) is 5.68. The first-order valence-corrected chi connectivity index (χ1v) is 5.61. The van der Waals surface area contributed by atoms with Gasteiger partial charge in [-0.2, -0.15) is 0 Å². The highest BCUT2D eigenvalue weighted by Crippen LogP contribution is 2.16. The predicted octanol–water partition coefficient (Wildman–Crippen LogP) is 1.41. The van der Waals surface area contributed by atoms with Crippen LogP contribution in [-0.4, -0.2) is 54.9 Å². The van der Waals surface area contributed by atoms with Gasteiger partial charge in [0.1, 0.15) is 0 Å². The molecule has 1 fully saturated rings. The summed E-state index contributed by atoms with van der Waals surface area (Å²) in [5.41, 5.74) is 0. The van der Waals surface area contributed by atoms with E-state index < -0.39 is 0 Å². The number of alkyl halides is 1. The molecule has 0 aromatic carbocycles. The van der Waals surface area contributed by atoms with Gasteiger partial charge >= 0.3 is 0 Å². The van der Waals surface area contributed by atoms with E-state index in [1.807, 2.05) is 0 Å². The Bertz CT molecular complexity index is 128. The highest BCUT2D eigenvalue weighted by molar-refractivity contribution is 9.09. The molecule has 12 heavy (non-hydrogen) atoms. The summed E-state index contributed by atoms with van der Waals surface area (Å²) in [7, 11) is 4.27. The van der Waals surface area contributed by atoms with Gasteiger partial charge in [0.25, 0.3) is 0 Å². The van der Waals surface area contributed by atoms with Crippen molar-refractivity contribution in [2.75, 3.05) is 40.3 Å². The Morgan fingerprint density at radius 2 is 2.25 bits per heavy atom. The molecule has 0 aliphatic carbocycles. The van der Waals surface area contributed by atoms with Gasteiger partial charge in [0, 0.05) is 24.5 Å². The number of hydrogen-bond acceptors (Lipinski definition) is 2. The van der Waals surface area contributed by atoms with Crippen LogP contribution in [0.25, 0.3) is 0 Å². The van der Waals surface area contributed by atoms with Crippen molar-refractivity contribution in [3.63, 3.8) is 0 Å². The van der Waals surface area contributed by atoms with E-state index in [-0.39, 0.29) is 0 Å². The first-order valence-electron chi connectivity index (χ1n) is 4.69. The molecule has 0 bridgehead atoms. The minimum Gasteiger partial charge on any atom is -0.308 e. The number of nitrogens with zero attached hydrogens (tertiary/aromatic N) is 2. The molecule has 0 N–H and O–H groups in total. The van der Waals surface area contributed by atoms with Gasteiger partial charge in [-0.05, 0) is 33.5 Å². The van der Waals surface area contributed by atoms with Gasteiger partial charge in [0.15, 0.2) is 0 Å². The van der Waals surface area contributed by atoms with E-state index in [9.17, 15) is 0 Å². The fraction of sp³-hybridized carbons (Fsp3) is 1.00. The quantitative estimate of drug-likeness (QED) is 0.682. The third-order valence-corrected chi connectivity index (χ3v) is 3.06. The van der Waals surface area contributed by atoms with Crippen LogP contribution >= 0.6 is 15.9 Å². The van der Waals surface area contributed by atoms with Crippen LogP contribution in [0.3, 0.4) is 0 Å². The van der Waals surface area contributed by atoms with E-state index in [4.69, 9.17) is 0 Å². The molecule has 2 nitrogen and oxygen atoms in total. The third kappa shape index (κ3) is 3.87. The van der Waals surface area contributed by atoms with Crippen molar-refractivity contribution in [2.45, 2.75) is 17.7 Å². The van der Waals surface area contributed by atoms with Crippen LogP contribution in [0.4, 0.5) is 0 Å². The number of rotatable bonds is 3. The van der Waals surface area contributed by atoms with E-state index in [0.29, 0.717) is 0 Å². The zero-order chi connectivity index (χ0) is 8.97. The molecule has 0 radical (unpaired) electrons. The molecule has 0 aromatic rings. The van der Waals surface area contributed by atoms with E-state index in [1.165, 1.54) is 39.0 Å². The van der Waals surface area contributed by atoms with Gasteiger partial charge in [0.05, 0.1) is 0 Å². The summed E-state index contributed by atoms with van der Waals surface area (Å²) in [5.74, 6) is 0. The van der Waals surface area contributed by atoms with Gasteiger partial charge in [-0.25, -0.2) is 0 Å². The minimum atomic E-state index is 0.730. The molecule has 1 heterocycles. The molecule has 1 rings (SSSR count). The number of likely N-dealkylation sites (N-methyl/N-ethyl adjacent to an activating group) is 1. The molecule has 0 amide bonds. The van der Waals surface area contributed by atoms with Gasteiger partial charge in [-0.15, -0.1) is 0 Å². The first kappa shape index (κ1) is 10.5. The van der Waals surface area contributed by atoms with E-state index in [0.717, 1.165) is 4.83 Å². The molecule has 1 saturated heterocycles. The minimum absolute atomic E-state index is 0.730. The molecule has 72 valence electrons. The Balaban J connectivity index is 2.14. The predicted molar refractivity (Wildman–Crippen MR) is 56.9 cm³/mol. The van der Waals surface area contributed by atoms with E-state index in [2.05, 4.69) is 39.8 Å². The summed E-state index contributed by atoms with van der Waals surface area (Å²) in [4.78, 5) is 5.52. The third-order valence-electron chi connectivity index (χ3n) is 2.31. The number of piperidine rings is 1. The van der Waals surface area contributed by atoms with Crippen LogP contribution in [0.1, 0.15) is 12.8 Å². The summed E-state index contributed by atoms with van der Waals surface area (Å²) in [6.45, 7) is 4.92. The molecule has 0 spiro atoms. The van der Waals surface area contributed by atoms with Crippen LogP contribution in [0.15, 0.2) is 0 Å². The van der Waals surface area contributed by atoms with Crippen LogP contribution in [0.2, 0.25) is 0 Å². The van der Waals surface area contributed by atoms with Crippen LogP contribution in [0, 0.1) is 0 Å². The summed E-state index contributed by atoms with van der Waals surface area (Å²) in [5, 5.41) is 0. The van der Waals surface area contributed by atoms with Crippen molar-refractivity contribution in [2.24, 2.45) is 0 Å². The largest absolute Gasteiger partial charge is 0.308 e. The molecule has 0 aromatic heterocycles. The van der Waals surface area contributed by atoms with Gasteiger partial charge in [-0.3, -0.25) is 0 Å². The van der Waals surface area contributed by atoms with Crippen molar-refractivity contribution in [3.8, 4) is 0 Å². The molecule has 0 saturated carbocycles. The molecular formula is C9H19BrN2. The fourth-order valence-electron chi connectivity index (χ4n) is 1.54. The highest BCUT2D eigenvalue weighted by atomic mass is 79.9. The lowest BCUT2D eigenvalue weighted by atomic mass is 10.1. The fourth-order valence-corrected chi connectivity index (χ4v) is 2.28. The van der Waals surface area contributed by atoms with Gasteiger partial charge < -0.3 is 9.80 Å². The molecule has 1 unspecified atom stereocenters. The Morgan fingerprint density at radius 1 is 1.50 bits per heavy atom. The van der Waals surface area contributed by atoms with Gasteiger partial charge in [-0.1, -0.05) is 15.9 Å². The lowest BCUT2D eigenvalue weighted by Crippen LogP contribution is -2.39. The maximum atomic E-state index is 3.68. The highest BCUT2D eigenvalue weighted by Gasteiger charge is 2.16. The maximum absolute atomic E-state index is 3.68. The summed E-state index contributed by atoms with van der Waals surface area (Å²) < 4.78 is 0. The Kier molecular flexibility index (Phi) is 4.54. The zero-order valence-electron chi connectivity index (χ0n) is 8.09. The zero-order valence-corrected chi connectivity index (χ0v) is 9.68. The van der Waals surface area contributed by atoms with E-state index >= 15 is 0 Å². The Labute approximate surface area is 84.0 Å². The van der Waals surface area contributed by atoms with Crippen LogP contribution in [-0.2, 0) is 0 Å². The van der Waals surface area contributed by atoms with Crippen molar-refractivity contribution < 1.29 is 0 Å². The molecule has 3 heteroatoms. The topological polar surface area (TPSA) is 6.48 Å². The van der Waals surface area contributed by atoms with Crippen molar-refractivity contribution in [1.29, 1.82) is 0 Å². The second-order valence-corrected chi connectivity index (χ2v) is 5.14. The smallest absolute Gasteiger partial charge is 0.0273 e. The number of likely N-dealkylation sites (tertiary alicyclic amines) is 1. The summed E-state index contributed by atoms with van der Waals surface area (Å²) >= 11 is 3.68. The maximum Gasteiger partial charge on any atom is 0.0273 e. The van der Waals surface area contributed by atoms with Crippen LogP contribution in [0.5, 0.6) is 0 Å². The standard InChI is InChI=1S/C9H19BrN2/c1-11(2)6-7-12-5-3-4-9(10)8-12/h9H,3-8H2,1-2H3. The lowest BCUT2D eigenvalue weighted by Gasteiger charge is -2.30. The summed E-state index contributed by atoms with van der Waals surface area (Å²) in [6.07, 6.45) is 2.70. The molecular weight excluding hydrogens is 216 g/mol. The SMILES string of the molecule is CN(C)CCN1CCCC(Br)C1. The normalized spacial score (nSPS) is 26.5. The van der Waals surface area contributed by atoms with Crippen LogP contribution < -0.4 is 0 Å². The van der Waals surface area contributed by atoms with Crippen molar-refractivity contribution in [1.82, 2.24) is 9.80 Å². The molecule has 1 aliphatic heterocycles. The molecule has 1 atom stereocenters. The second kappa shape index (κ2) is 5.20. The average molecular weight is 235 g/mol. The lowest BCUT2D eigenvalue weighted by molar-refractivity contribution is 0.212. The van der Waals surface area contributed by atoms with Gasteiger partial charge in [0.2, 0.25) is 0 Å². The van der Waals surface area contributed by atoms with Crippen molar-refractivity contribution >= 4 is 15.9 Å². The Hall–Kier alpha value is 0.400. The van der Waals surface area contributed by atoms with E-state index in [1.54, 1.807) is 0 Å². The summed E-state index contributed by atoms with van der Waals surface area (Å²) in [6, 6.07) is 0.